The summed E-state index contributed by atoms with van der Waals surface area (Å²) in [5.41, 5.74) is 1.17. The molecule has 0 aliphatic carbocycles. The molecule has 2 heteroatoms. The maximum atomic E-state index is 11.7. The zero-order valence-corrected chi connectivity index (χ0v) is 11.1. The Hall–Kier alpha value is -0.630. The molecule has 0 heterocycles. The number of hydrogen-bond donors (Lipinski definition) is 0. The Kier molecular flexibility index (Phi) is 4.09. The van der Waals surface area contributed by atoms with Gasteiger partial charge in [0.25, 0.3) is 0 Å². The van der Waals surface area contributed by atoms with Gasteiger partial charge in [-0.3, -0.25) is 4.79 Å². The molecule has 0 aromatic heterocycles. The lowest BCUT2D eigenvalue weighted by atomic mass is 9.88. The maximum Gasteiger partial charge on any atom is 0.137 e. The van der Waals surface area contributed by atoms with Gasteiger partial charge in [-0.1, -0.05) is 48.8 Å². The standard InChI is InChI=1S/C13H17BrO/c1-13(2,3)9-12(15)8-10-5-4-6-11(14)7-10/h4-7H,8-9H2,1-3H3. The molecule has 0 unspecified atom stereocenters. The highest BCUT2D eigenvalue weighted by Crippen LogP contribution is 2.20. The minimum atomic E-state index is 0.0864. The van der Waals surface area contributed by atoms with E-state index >= 15 is 0 Å². The highest BCUT2D eigenvalue weighted by atomic mass is 79.9. The van der Waals surface area contributed by atoms with E-state index in [0.29, 0.717) is 18.6 Å². The zero-order valence-electron chi connectivity index (χ0n) is 9.51. The molecular weight excluding hydrogens is 252 g/mol. The molecule has 1 nitrogen and oxygen atoms in total. The smallest absolute Gasteiger partial charge is 0.137 e. The van der Waals surface area contributed by atoms with E-state index in [2.05, 4.69) is 36.7 Å². The van der Waals surface area contributed by atoms with Gasteiger partial charge in [-0.25, -0.2) is 0 Å². The minimum absolute atomic E-state index is 0.0864. The highest BCUT2D eigenvalue weighted by Gasteiger charge is 2.15. The van der Waals surface area contributed by atoms with Gasteiger partial charge in [0.15, 0.2) is 0 Å². The van der Waals surface area contributed by atoms with Crippen LogP contribution >= 0.6 is 15.9 Å². The summed E-state index contributed by atoms with van der Waals surface area (Å²) >= 11 is 3.40. The molecule has 0 saturated carbocycles. The lowest BCUT2D eigenvalue weighted by Crippen LogP contribution is -2.14. The highest BCUT2D eigenvalue weighted by molar-refractivity contribution is 9.10. The molecule has 82 valence electrons. The largest absolute Gasteiger partial charge is 0.299 e. The Morgan fingerprint density at radius 3 is 2.53 bits per heavy atom. The van der Waals surface area contributed by atoms with Crippen molar-refractivity contribution in [1.29, 1.82) is 0 Å². The SMILES string of the molecule is CC(C)(C)CC(=O)Cc1cccc(Br)c1. The predicted octanol–water partition coefficient (Wildman–Crippen LogP) is 4.00. The topological polar surface area (TPSA) is 17.1 Å². The third-order valence-electron chi connectivity index (χ3n) is 2.02. The van der Waals surface area contributed by atoms with Crippen molar-refractivity contribution in [3.63, 3.8) is 0 Å². The first-order valence-electron chi connectivity index (χ1n) is 5.13. The number of hydrogen-bond acceptors (Lipinski definition) is 1. The molecule has 0 spiro atoms. The molecule has 15 heavy (non-hydrogen) atoms. The second kappa shape index (κ2) is 4.93. The number of halogens is 1. The van der Waals surface area contributed by atoms with Gasteiger partial charge in [-0.05, 0) is 23.1 Å². The number of Topliss-reactive ketones (excluding diaryl/α,β-unsaturated/α-hetero) is 1. The average Bonchev–Trinajstić information content (AvgIpc) is 1.99. The fraction of sp³-hybridized carbons (Fsp3) is 0.462. The molecule has 1 aromatic carbocycles. The Labute approximate surface area is 100 Å². The van der Waals surface area contributed by atoms with E-state index in [1.807, 2.05) is 24.3 Å². The molecule has 1 rings (SSSR count). The van der Waals surface area contributed by atoms with E-state index in [1.165, 1.54) is 0 Å². The van der Waals surface area contributed by atoms with E-state index in [1.54, 1.807) is 0 Å². The number of ketones is 1. The van der Waals surface area contributed by atoms with Crippen LogP contribution in [-0.4, -0.2) is 5.78 Å². The second-order valence-corrected chi connectivity index (χ2v) is 6.00. The lowest BCUT2D eigenvalue weighted by Gasteiger charge is -2.16. The molecule has 0 radical (unpaired) electrons. The van der Waals surface area contributed by atoms with Gasteiger partial charge in [0.1, 0.15) is 5.78 Å². The van der Waals surface area contributed by atoms with Crippen LogP contribution in [0.3, 0.4) is 0 Å². The van der Waals surface area contributed by atoms with Crippen LogP contribution in [0.2, 0.25) is 0 Å². The van der Waals surface area contributed by atoms with Gasteiger partial charge in [0.05, 0.1) is 0 Å². The molecule has 0 amide bonds. The van der Waals surface area contributed by atoms with Crippen LogP contribution in [0.1, 0.15) is 32.8 Å². The van der Waals surface area contributed by atoms with Gasteiger partial charge in [-0.2, -0.15) is 0 Å². The minimum Gasteiger partial charge on any atom is -0.299 e. The van der Waals surface area contributed by atoms with Crippen molar-refractivity contribution < 1.29 is 4.79 Å². The summed E-state index contributed by atoms with van der Waals surface area (Å²) in [5.74, 6) is 0.306. The van der Waals surface area contributed by atoms with Gasteiger partial charge < -0.3 is 0 Å². The van der Waals surface area contributed by atoms with E-state index in [-0.39, 0.29) is 5.41 Å². The Morgan fingerprint density at radius 2 is 2.00 bits per heavy atom. The monoisotopic (exact) mass is 268 g/mol. The Balaban J connectivity index is 2.59. The summed E-state index contributed by atoms with van der Waals surface area (Å²) < 4.78 is 1.03. The van der Waals surface area contributed by atoms with Crippen molar-refractivity contribution in [2.24, 2.45) is 5.41 Å². The van der Waals surface area contributed by atoms with Crippen molar-refractivity contribution in [2.75, 3.05) is 0 Å². The van der Waals surface area contributed by atoms with Crippen LogP contribution in [0.4, 0.5) is 0 Å². The molecule has 0 bridgehead atoms. The van der Waals surface area contributed by atoms with E-state index < -0.39 is 0 Å². The maximum absolute atomic E-state index is 11.7. The van der Waals surface area contributed by atoms with Gasteiger partial charge >= 0.3 is 0 Å². The van der Waals surface area contributed by atoms with E-state index in [9.17, 15) is 4.79 Å². The number of benzene rings is 1. The first-order valence-corrected chi connectivity index (χ1v) is 5.92. The predicted molar refractivity (Wildman–Crippen MR) is 66.9 cm³/mol. The Bertz CT molecular complexity index is 350. The van der Waals surface area contributed by atoms with Crippen molar-refractivity contribution in [3.05, 3.63) is 34.3 Å². The third-order valence-corrected chi connectivity index (χ3v) is 2.51. The van der Waals surface area contributed by atoms with E-state index in [0.717, 1.165) is 10.0 Å². The summed E-state index contributed by atoms with van der Waals surface area (Å²) in [7, 11) is 0. The van der Waals surface area contributed by atoms with Gasteiger partial charge in [0.2, 0.25) is 0 Å². The van der Waals surface area contributed by atoms with Crippen molar-refractivity contribution in [2.45, 2.75) is 33.6 Å². The van der Waals surface area contributed by atoms with Crippen molar-refractivity contribution in [1.82, 2.24) is 0 Å². The van der Waals surface area contributed by atoms with Crippen LogP contribution < -0.4 is 0 Å². The van der Waals surface area contributed by atoms with Crippen LogP contribution in [0.15, 0.2) is 28.7 Å². The van der Waals surface area contributed by atoms with Crippen molar-refractivity contribution in [3.8, 4) is 0 Å². The second-order valence-electron chi connectivity index (χ2n) is 5.08. The summed E-state index contributed by atoms with van der Waals surface area (Å²) in [6, 6.07) is 7.92. The van der Waals surface area contributed by atoms with Gasteiger partial charge in [0, 0.05) is 17.3 Å². The average molecular weight is 269 g/mol. The summed E-state index contributed by atoms with van der Waals surface area (Å²) in [6.45, 7) is 6.27. The van der Waals surface area contributed by atoms with Crippen LogP contribution in [-0.2, 0) is 11.2 Å². The molecule has 1 aromatic rings. The fourth-order valence-corrected chi connectivity index (χ4v) is 1.98. The quantitative estimate of drug-likeness (QED) is 0.810. The molecular formula is C13H17BrO. The fourth-order valence-electron chi connectivity index (χ4n) is 1.53. The van der Waals surface area contributed by atoms with Crippen LogP contribution in [0, 0.1) is 5.41 Å². The molecule has 0 aliphatic heterocycles. The van der Waals surface area contributed by atoms with E-state index in [4.69, 9.17) is 0 Å². The van der Waals surface area contributed by atoms with Crippen molar-refractivity contribution >= 4 is 21.7 Å². The summed E-state index contributed by atoms with van der Waals surface area (Å²) in [4.78, 5) is 11.7. The molecule has 0 saturated heterocycles. The first-order chi connectivity index (χ1) is 6.87. The van der Waals surface area contributed by atoms with Crippen LogP contribution in [0.25, 0.3) is 0 Å². The first kappa shape index (κ1) is 12.4. The normalized spacial score (nSPS) is 11.5. The third kappa shape index (κ3) is 5.12. The molecule has 0 N–H and O–H groups in total. The lowest BCUT2D eigenvalue weighted by molar-refractivity contribution is -0.120. The summed E-state index contributed by atoms with van der Waals surface area (Å²) in [6.07, 6.45) is 1.18. The zero-order chi connectivity index (χ0) is 11.5. The molecule has 0 atom stereocenters. The Morgan fingerprint density at radius 1 is 1.33 bits per heavy atom. The number of carbonyl (C=O) groups excluding carboxylic acids is 1. The summed E-state index contributed by atoms with van der Waals surface area (Å²) in [5, 5.41) is 0. The molecule has 0 fully saturated rings. The number of rotatable bonds is 3. The molecule has 0 aliphatic rings. The van der Waals surface area contributed by atoms with Gasteiger partial charge in [-0.15, -0.1) is 0 Å². The number of carbonyl (C=O) groups is 1. The van der Waals surface area contributed by atoms with Crippen LogP contribution in [0.5, 0.6) is 0 Å².